The van der Waals surface area contributed by atoms with Gasteiger partial charge in [-0.15, -0.1) is 0 Å². The molecule has 0 aliphatic heterocycles. The first kappa shape index (κ1) is 13.8. The second kappa shape index (κ2) is 7.10. The van der Waals surface area contributed by atoms with E-state index in [1.54, 1.807) is 0 Å². The molecule has 0 saturated carbocycles. The monoisotopic (exact) mass is 253 g/mol. The largest absolute Gasteiger partial charge is 0.310 e. The summed E-state index contributed by atoms with van der Waals surface area (Å²) in [5.74, 6) is 0. The molecule has 2 aromatic rings. The summed E-state index contributed by atoms with van der Waals surface area (Å²) in [4.78, 5) is 0. The van der Waals surface area contributed by atoms with Gasteiger partial charge in [-0.3, -0.25) is 0 Å². The van der Waals surface area contributed by atoms with Gasteiger partial charge in [-0.25, -0.2) is 0 Å². The van der Waals surface area contributed by atoms with E-state index in [1.165, 1.54) is 16.7 Å². The lowest BCUT2D eigenvalue weighted by molar-refractivity contribution is 0.515. The number of rotatable bonds is 6. The van der Waals surface area contributed by atoms with Crippen molar-refractivity contribution >= 4 is 0 Å². The molecule has 0 amide bonds. The van der Waals surface area contributed by atoms with Gasteiger partial charge in [0.15, 0.2) is 0 Å². The van der Waals surface area contributed by atoms with Crippen LogP contribution >= 0.6 is 0 Å². The molecule has 1 atom stereocenters. The molecule has 0 aliphatic carbocycles. The van der Waals surface area contributed by atoms with Gasteiger partial charge in [-0.1, -0.05) is 67.1 Å². The number of benzene rings is 2. The van der Waals surface area contributed by atoms with E-state index >= 15 is 0 Å². The fourth-order valence-corrected chi connectivity index (χ4v) is 2.48. The van der Waals surface area contributed by atoms with Crippen molar-refractivity contribution in [2.75, 3.05) is 6.54 Å². The van der Waals surface area contributed by atoms with E-state index in [1.807, 2.05) is 0 Å². The molecule has 1 nitrogen and oxygen atoms in total. The molecule has 1 heteroatoms. The van der Waals surface area contributed by atoms with Gasteiger partial charge in [0, 0.05) is 6.04 Å². The van der Waals surface area contributed by atoms with Crippen molar-refractivity contribution in [3.05, 3.63) is 71.3 Å². The molecule has 19 heavy (non-hydrogen) atoms. The fraction of sp³-hybridized carbons (Fsp3) is 0.333. The molecule has 1 unspecified atom stereocenters. The van der Waals surface area contributed by atoms with Crippen molar-refractivity contribution < 1.29 is 0 Å². The lowest BCUT2D eigenvalue weighted by Gasteiger charge is -2.19. The van der Waals surface area contributed by atoms with E-state index in [2.05, 4.69) is 73.8 Å². The minimum absolute atomic E-state index is 0.449. The molecule has 0 aromatic heterocycles. The van der Waals surface area contributed by atoms with Gasteiger partial charge in [-0.2, -0.15) is 0 Å². The van der Waals surface area contributed by atoms with E-state index in [0.29, 0.717) is 6.04 Å². The molecule has 2 aromatic carbocycles. The highest BCUT2D eigenvalue weighted by Crippen LogP contribution is 2.20. The van der Waals surface area contributed by atoms with E-state index in [0.717, 1.165) is 19.4 Å². The van der Waals surface area contributed by atoms with Gasteiger partial charge >= 0.3 is 0 Å². The van der Waals surface area contributed by atoms with Crippen LogP contribution < -0.4 is 5.32 Å². The third kappa shape index (κ3) is 4.22. The van der Waals surface area contributed by atoms with Crippen LogP contribution in [0.5, 0.6) is 0 Å². The summed E-state index contributed by atoms with van der Waals surface area (Å²) >= 11 is 0. The van der Waals surface area contributed by atoms with Gasteiger partial charge in [-0.05, 0) is 37.4 Å². The minimum atomic E-state index is 0.449. The molecule has 100 valence electrons. The first-order valence-electron chi connectivity index (χ1n) is 7.13. The standard InChI is InChI=1S/C18H23N/c1-3-19-18(17-11-7-8-15(2)14-17)13-12-16-9-5-4-6-10-16/h4-11,14,18-19H,3,12-13H2,1-2H3. The Balaban J connectivity index is 2.04. The highest BCUT2D eigenvalue weighted by molar-refractivity contribution is 5.25. The number of hydrogen-bond acceptors (Lipinski definition) is 1. The molecular weight excluding hydrogens is 230 g/mol. The van der Waals surface area contributed by atoms with Gasteiger partial charge in [0.1, 0.15) is 0 Å². The summed E-state index contributed by atoms with van der Waals surface area (Å²) in [5, 5.41) is 3.60. The van der Waals surface area contributed by atoms with E-state index in [9.17, 15) is 0 Å². The zero-order valence-corrected chi connectivity index (χ0v) is 11.9. The molecule has 1 N–H and O–H groups in total. The van der Waals surface area contributed by atoms with E-state index < -0.39 is 0 Å². The Bertz CT molecular complexity index is 490. The average Bonchev–Trinajstić information content (AvgIpc) is 2.44. The van der Waals surface area contributed by atoms with E-state index in [-0.39, 0.29) is 0 Å². The van der Waals surface area contributed by atoms with Gasteiger partial charge in [0.25, 0.3) is 0 Å². The van der Waals surface area contributed by atoms with Crippen LogP contribution in [-0.2, 0) is 6.42 Å². The maximum absolute atomic E-state index is 3.60. The fourth-order valence-electron chi connectivity index (χ4n) is 2.48. The molecular formula is C18H23N. The summed E-state index contributed by atoms with van der Waals surface area (Å²) in [7, 11) is 0. The molecule has 0 radical (unpaired) electrons. The molecule has 0 heterocycles. The highest BCUT2D eigenvalue weighted by atomic mass is 14.9. The van der Waals surface area contributed by atoms with Crippen LogP contribution in [0.25, 0.3) is 0 Å². The number of hydrogen-bond donors (Lipinski definition) is 1. The van der Waals surface area contributed by atoms with Crippen LogP contribution in [0.1, 0.15) is 36.1 Å². The highest BCUT2D eigenvalue weighted by Gasteiger charge is 2.10. The van der Waals surface area contributed by atoms with Crippen LogP contribution in [0.4, 0.5) is 0 Å². The third-order valence-corrected chi connectivity index (χ3v) is 3.46. The van der Waals surface area contributed by atoms with Gasteiger partial charge in [0.2, 0.25) is 0 Å². The molecule has 0 aliphatic rings. The molecule has 0 bridgehead atoms. The molecule has 0 saturated heterocycles. The van der Waals surface area contributed by atoms with Crippen molar-refractivity contribution in [3.8, 4) is 0 Å². The topological polar surface area (TPSA) is 12.0 Å². The summed E-state index contributed by atoms with van der Waals surface area (Å²) in [6, 6.07) is 20.0. The van der Waals surface area contributed by atoms with Crippen molar-refractivity contribution in [1.29, 1.82) is 0 Å². The normalized spacial score (nSPS) is 12.3. The molecule has 0 fully saturated rings. The average molecular weight is 253 g/mol. The smallest absolute Gasteiger partial charge is 0.0323 e. The van der Waals surface area contributed by atoms with Crippen LogP contribution in [0.3, 0.4) is 0 Å². The number of aryl methyl sites for hydroxylation is 2. The lowest BCUT2D eigenvalue weighted by Crippen LogP contribution is -2.21. The lowest BCUT2D eigenvalue weighted by atomic mass is 9.98. The quantitative estimate of drug-likeness (QED) is 0.810. The SMILES string of the molecule is CCNC(CCc1ccccc1)c1cccc(C)c1. The Morgan fingerprint density at radius 3 is 2.47 bits per heavy atom. The Kier molecular flexibility index (Phi) is 5.17. The van der Waals surface area contributed by atoms with Crippen molar-refractivity contribution in [1.82, 2.24) is 5.32 Å². The van der Waals surface area contributed by atoms with Crippen LogP contribution in [0, 0.1) is 6.92 Å². The summed E-state index contributed by atoms with van der Waals surface area (Å²) in [5.41, 5.74) is 4.15. The van der Waals surface area contributed by atoms with Gasteiger partial charge in [0.05, 0.1) is 0 Å². The Labute approximate surface area is 116 Å². The zero-order valence-electron chi connectivity index (χ0n) is 11.9. The minimum Gasteiger partial charge on any atom is -0.310 e. The predicted molar refractivity (Wildman–Crippen MR) is 82.4 cm³/mol. The van der Waals surface area contributed by atoms with Crippen molar-refractivity contribution in [3.63, 3.8) is 0 Å². The Morgan fingerprint density at radius 2 is 1.79 bits per heavy atom. The first-order valence-corrected chi connectivity index (χ1v) is 7.13. The van der Waals surface area contributed by atoms with Crippen LogP contribution in [0.15, 0.2) is 54.6 Å². The maximum Gasteiger partial charge on any atom is 0.0323 e. The third-order valence-electron chi connectivity index (χ3n) is 3.46. The predicted octanol–water partition coefficient (Wildman–Crippen LogP) is 4.28. The van der Waals surface area contributed by atoms with Crippen LogP contribution in [0.2, 0.25) is 0 Å². The Morgan fingerprint density at radius 1 is 1.00 bits per heavy atom. The van der Waals surface area contributed by atoms with Crippen LogP contribution in [-0.4, -0.2) is 6.54 Å². The number of nitrogens with one attached hydrogen (secondary N) is 1. The van der Waals surface area contributed by atoms with Crippen molar-refractivity contribution in [2.24, 2.45) is 0 Å². The Hall–Kier alpha value is -1.60. The first-order chi connectivity index (χ1) is 9.29. The summed E-state index contributed by atoms with van der Waals surface area (Å²) in [6.45, 7) is 5.34. The second-order valence-corrected chi connectivity index (χ2v) is 5.05. The summed E-state index contributed by atoms with van der Waals surface area (Å²) < 4.78 is 0. The van der Waals surface area contributed by atoms with Crippen molar-refractivity contribution in [2.45, 2.75) is 32.7 Å². The second-order valence-electron chi connectivity index (χ2n) is 5.05. The zero-order chi connectivity index (χ0) is 13.5. The molecule has 0 spiro atoms. The molecule has 2 rings (SSSR count). The maximum atomic E-state index is 3.60. The van der Waals surface area contributed by atoms with Gasteiger partial charge < -0.3 is 5.32 Å². The van der Waals surface area contributed by atoms with E-state index in [4.69, 9.17) is 0 Å². The summed E-state index contributed by atoms with van der Waals surface area (Å²) in [6.07, 6.45) is 2.26.